The number of rotatable bonds is 4. The highest BCUT2D eigenvalue weighted by Crippen LogP contribution is 2.37. The van der Waals surface area contributed by atoms with Crippen molar-refractivity contribution in [1.82, 2.24) is 10.6 Å². The highest BCUT2D eigenvalue weighted by Gasteiger charge is 2.39. The summed E-state index contributed by atoms with van der Waals surface area (Å²) in [6.07, 6.45) is 7.31. The van der Waals surface area contributed by atoms with Crippen molar-refractivity contribution in [3.05, 3.63) is 0 Å². The van der Waals surface area contributed by atoms with Gasteiger partial charge in [0.1, 0.15) is 0 Å². The molecule has 0 amide bonds. The lowest BCUT2D eigenvalue weighted by Gasteiger charge is -2.36. The fourth-order valence-electron chi connectivity index (χ4n) is 3.74. The van der Waals surface area contributed by atoms with Gasteiger partial charge in [0.25, 0.3) is 0 Å². The third-order valence-electron chi connectivity index (χ3n) is 4.93. The van der Waals surface area contributed by atoms with E-state index in [0.29, 0.717) is 12.1 Å². The van der Waals surface area contributed by atoms with Gasteiger partial charge in [-0.1, -0.05) is 6.42 Å². The highest BCUT2D eigenvalue weighted by molar-refractivity contribution is 4.96. The van der Waals surface area contributed by atoms with Gasteiger partial charge < -0.3 is 15.4 Å². The van der Waals surface area contributed by atoms with Crippen molar-refractivity contribution in [2.24, 2.45) is 11.8 Å². The van der Waals surface area contributed by atoms with Gasteiger partial charge in [0.2, 0.25) is 0 Å². The average Bonchev–Trinajstić information content (AvgIpc) is 2.79. The monoisotopic (exact) mass is 224 g/mol. The Kier molecular flexibility index (Phi) is 3.18. The Bertz CT molecular complexity index is 240. The molecule has 16 heavy (non-hydrogen) atoms. The zero-order valence-corrected chi connectivity index (χ0v) is 10.2. The van der Waals surface area contributed by atoms with Crippen molar-refractivity contribution >= 4 is 0 Å². The normalized spacial score (nSPS) is 46.7. The van der Waals surface area contributed by atoms with E-state index in [1.807, 2.05) is 7.11 Å². The second kappa shape index (κ2) is 4.63. The maximum Gasteiger partial charge on any atom is 0.0601 e. The lowest BCUT2D eigenvalue weighted by Crippen LogP contribution is -2.49. The van der Waals surface area contributed by atoms with Gasteiger partial charge in [-0.2, -0.15) is 0 Å². The summed E-state index contributed by atoms with van der Waals surface area (Å²) in [5.74, 6) is 1.95. The summed E-state index contributed by atoms with van der Waals surface area (Å²) >= 11 is 0. The summed E-state index contributed by atoms with van der Waals surface area (Å²) in [5.41, 5.74) is 0. The molecule has 0 bridgehead atoms. The second-order valence-electron chi connectivity index (χ2n) is 5.80. The molecule has 3 unspecified atom stereocenters. The van der Waals surface area contributed by atoms with Crippen LogP contribution in [0, 0.1) is 11.8 Å². The molecule has 0 radical (unpaired) electrons. The van der Waals surface area contributed by atoms with Gasteiger partial charge in [-0.25, -0.2) is 0 Å². The van der Waals surface area contributed by atoms with Crippen LogP contribution in [0.4, 0.5) is 0 Å². The molecule has 3 fully saturated rings. The molecule has 0 aromatic rings. The number of ether oxygens (including phenoxy) is 1. The molecule has 0 aromatic heterocycles. The largest absolute Gasteiger partial charge is 0.381 e. The van der Waals surface area contributed by atoms with Crippen molar-refractivity contribution in [3.63, 3.8) is 0 Å². The van der Waals surface area contributed by atoms with E-state index in [-0.39, 0.29) is 0 Å². The third-order valence-corrected chi connectivity index (χ3v) is 4.93. The van der Waals surface area contributed by atoms with E-state index >= 15 is 0 Å². The first-order valence-corrected chi connectivity index (χ1v) is 6.86. The third kappa shape index (κ3) is 2.01. The van der Waals surface area contributed by atoms with E-state index in [9.17, 15) is 0 Å². The maximum absolute atomic E-state index is 5.30. The molecule has 2 aliphatic carbocycles. The molecule has 3 aliphatic rings. The first-order chi connectivity index (χ1) is 7.86. The van der Waals surface area contributed by atoms with Gasteiger partial charge in [0.05, 0.1) is 6.10 Å². The van der Waals surface area contributed by atoms with Crippen LogP contribution in [0.15, 0.2) is 0 Å². The number of hydrogen-bond acceptors (Lipinski definition) is 3. The fourth-order valence-corrected chi connectivity index (χ4v) is 3.74. The van der Waals surface area contributed by atoms with Crippen LogP contribution in [0.1, 0.15) is 32.1 Å². The summed E-state index contributed by atoms with van der Waals surface area (Å²) in [6, 6.07) is 1.46. The SMILES string of the molecule is COC1CC(NCC2NCC3CCCC32)C1. The molecular weight excluding hydrogens is 200 g/mol. The van der Waals surface area contributed by atoms with Crippen molar-refractivity contribution in [2.75, 3.05) is 20.2 Å². The Morgan fingerprint density at radius 1 is 1.31 bits per heavy atom. The summed E-state index contributed by atoms with van der Waals surface area (Å²) < 4.78 is 5.30. The first kappa shape index (κ1) is 11.0. The number of fused-ring (bicyclic) bond motifs is 1. The minimum absolute atomic E-state index is 0.522. The molecule has 0 spiro atoms. The van der Waals surface area contributed by atoms with Crippen LogP contribution in [0.5, 0.6) is 0 Å². The average molecular weight is 224 g/mol. The summed E-state index contributed by atoms with van der Waals surface area (Å²) in [4.78, 5) is 0. The highest BCUT2D eigenvalue weighted by atomic mass is 16.5. The predicted octanol–water partition coefficient (Wildman–Crippen LogP) is 1.14. The Balaban J connectivity index is 1.39. The minimum atomic E-state index is 0.522. The van der Waals surface area contributed by atoms with Crippen LogP contribution in [0.3, 0.4) is 0 Å². The lowest BCUT2D eigenvalue weighted by atomic mass is 9.88. The first-order valence-electron chi connectivity index (χ1n) is 6.86. The standard InChI is InChI=1S/C13H24N2O/c1-16-11-5-10(6-11)14-8-13-12-4-2-3-9(12)7-15-13/h9-15H,2-8H2,1H3. The van der Waals surface area contributed by atoms with Gasteiger partial charge in [-0.15, -0.1) is 0 Å². The minimum Gasteiger partial charge on any atom is -0.381 e. The topological polar surface area (TPSA) is 33.3 Å². The van der Waals surface area contributed by atoms with Crippen molar-refractivity contribution in [2.45, 2.75) is 50.3 Å². The Labute approximate surface area is 98.3 Å². The number of nitrogens with one attached hydrogen (secondary N) is 2. The van der Waals surface area contributed by atoms with Crippen molar-refractivity contribution in [1.29, 1.82) is 0 Å². The molecule has 92 valence electrons. The van der Waals surface area contributed by atoms with Crippen LogP contribution in [-0.4, -0.2) is 38.4 Å². The molecule has 2 saturated carbocycles. The van der Waals surface area contributed by atoms with E-state index in [1.54, 1.807) is 0 Å². The molecule has 3 atom stereocenters. The number of methoxy groups -OCH3 is 1. The second-order valence-corrected chi connectivity index (χ2v) is 5.80. The van der Waals surface area contributed by atoms with Crippen LogP contribution in [0.2, 0.25) is 0 Å². The zero-order valence-electron chi connectivity index (χ0n) is 10.2. The summed E-state index contributed by atoms with van der Waals surface area (Å²) in [5, 5.41) is 7.39. The van der Waals surface area contributed by atoms with Gasteiger partial charge in [-0.3, -0.25) is 0 Å². The molecule has 2 N–H and O–H groups in total. The van der Waals surface area contributed by atoms with Crippen LogP contribution in [0.25, 0.3) is 0 Å². The van der Waals surface area contributed by atoms with Gasteiger partial charge in [0, 0.05) is 25.7 Å². The number of hydrogen-bond donors (Lipinski definition) is 2. The lowest BCUT2D eigenvalue weighted by molar-refractivity contribution is 0.0167. The van der Waals surface area contributed by atoms with Gasteiger partial charge in [-0.05, 0) is 44.1 Å². The van der Waals surface area contributed by atoms with Crippen LogP contribution >= 0.6 is 0 Å². The molecule has 3 heteroatoms. The van der Waals surface area contributed by atoms with E-state index in [2.05, 4.69) is 10.6 Å². The molecule has 3 nitrogen and oxygen atoms in total. The Hall–Kier alpha value is -0.120. The quantitative estimate of drug-likeness (QED) is 0.751. The van der Waals surface area contributed by atoms with Crippen molar-refractivity contribution in [3.8, 4) is 0 Å². The van der Waals surface area contributed by atoms with E-state index in [1.165, 1.54) is 45.2 Å². The molecule has 3 rings (SSSR count). The Morgan fingerprint density at radius 2 is 2.19 bits per heavy atom. The Morgan fingerprint density at radius 3 is 3.00 bits per heavy atom. The fraction of sp³-hybridized carbons (Fsp3) is 1.00. The molecule has 1 aliphatic heterocycles. The van der Waals surface area contributed by atoms with Gasteiger partial charge in [0.15, 0.2) is 0 Å². The van der Waals surface area contributed by atoms with E-state index in [4.69, 9.17) is 4.74 Å². The van der Waals surface area contributed by atoms with Gasteiger partial charge >= 0.3 is 0 Å². The van der Waals surface area contributed by atoms with Crippen molar-refractivity contribution < 1.29 is 4.74 Å². The molecule has 1 heterocycles. The zero-order chi connectivity index (χ0) is 11.0. The van der Waals surface area contributed by atoms with Crippen LogP contribution in [-0.2, 0) is 4.74 Å². The molecule has 1 saturated heterocycles. The van der Waals surface area contributed by atoms with Crippen LogP contribution < -0.4 is 10.6 Å². The maximum atomic E-state index is 5.30. The van der Waals surface area contributed by atoms with E-state index in [0.717, 1.165) is 17.9 Å². The smallest absolute Gasteiger partial charge is 0.0601 e. The molecule has 0 aromatic carbocycles. The molecular formula is C13H24N2O. The predicted molar refractivity (Wildman–Crippen MR) is 64.4 cm³/mol. The summed E-state index contributed by atoms with van der Waals surface area (Å²) in [7, 11) is 1.82. The summed E-state index contributed by atoms with van der Waals surface area (Å²) in [6.45, 7) is 2.44. The van der Waals surface area contributed by atoms with E-state index < -0.39 is 0 Å².